The van der Waals surface area contributed by atoms with E-state index < -0.39 is 11.7 Å². The number of halogens is 2. The standard InChI is InChI=1S/C35H32FIN4O4/c1-5-44-32-15-22(4)28(18-27(32)21(2)3)34-40-30-12-7-6-11-26(30)35(43)41(34)38-19-23-13-14-31(29(37)16-23)45-20-33(42)39-25-10-8-9-24(36)17-25/h6-19,21H,5,20H2,1-4H3,(H,39,42). The van der Waals surface area contributed by atoms with Gasteiger partial charge in [0.1, 0.15) is 17.3 Å². The summed E-state index contributed by atoms with van der Waals surface area (Å²) in [5.41, 5.74) is 4.08. The summed E-state index contributed by atoms with van der Waals surface area (Å²) in [6.45, 7) is 8.42. The second-order valence-corrected chi connectivity index (χ2v) is 11.8. The molecule has 0 atom stereocenters. The van der Waals surface area contributed by atoms with Crippen LogP contribution in [-0.4, -0.2) is 35.0 Å². The number of aryl methyl sites for hydroxylation is 1. The Hall–Kier alpha value is -4.58. The smallest absolute Gasteiger partial charge is 0.282 e. The van der Waals surface area contributed by atoms with Crippen LogP contribution in [0.2, 0.25) is 0 Å². The Bertz CT molecular complexity index is 1970. The van der Waals surface area contributed by atoms with Gasteiger partial charge in [0.15, 0.2) is 12.4 Å². The third-order valence-corrected chi connectivity index (χ3v) is 7.86. The van der Waals surface area contributed by atoms with Gasteiger partial charge in [0, 0.05) is 11.3 Å². The zero-order chi connectivity index (χ0) is 32.1. The molecule has 0 aliphatic heterocycles. The molecule has 8 nitrogen and oxygen atoms in total. The van der Waals surface area contributed by atoms with E-state index >= 15 is 0 Å². The van der Waals surface area contributed by atoms with Crippen LogP contribution >= 0.6 is 22.6 Å². The molecule has 4 aromatic carbocycles. The number of aromatic nitrogens is 2. The van der Waals surface area contributed by atoms with Crippen LogP contribution in [0.5, 0.6) is 11.5 Å². The predicted octanol–water partition coefficient (Wildman–Crippen LogP) is 7.54. The van der Waals surface area contributed by atoms with Crippen molar-refractivity contribution in [3.8, 4) is 22.9 Å². The average Bonchev–Trinajstić information content (AvgIpc) is 3.00. The number of ether oxygens (including phenoxy) is 2. The number of amides is 1. The number of nitrogens with one attached hydrogen (secondary N) is 1. The summed E-state index contributed by atoms with van der Waals surface area (Å²) in [5.74, 6) is 1.07. The molecule has 0 aliphatic carbocycles. The molecule has 45 heavy (non-hydrogen) atoms. The number of anilines is 1. The summed E-state index contributed by atoms with van der Waals surface area (Å²) < 4.78 is 27.1. The summed E-state index contributed by atoms with van der Waals surface area (Å²) in [6, 6.07) is 22.2. The third-order valence-electron chi connectivity index (χ3n) is 7.02. The van der Waals surface area contributed by atoms with Crippen LogP contribution in [0.4, 0.5) is 10.1 Å². The first-order valence-electron chi connectivity index (χ1n) is 14.5. The topological polar surface area (TPSA) is 94.8 Å². The molecule has 1 N–H and O–H groups in total. The minimum Gasteiger partial charge on any atom is -0.494 e. The lowest BCUT2D eigenvalue weighted by Crippen LogP contribution is -2.21. The van der Waals surface area contributed by atoms with Gasteiger partial charge in [-0.25, -0.2) is 9.37 Å². The van der Waals surface area contributed by atoms with Gasteiger partial charge in [-0.05, 0) is 120 Å². The number of carbonyl (C=O) groups excluding carboxylic acids is 1. The molecular weight excluding hydrogens is 686 g/mol. The molecule has 0 spiro atoms. The largest absolute Gasteiger partial charge is 0.494 e. The number of rotatable bonds is 10. The van der Waals surface area contributed by atoms with Crippen LogP contribution in [0.1, 0.15) is 43.4 Å². The van der Waals surface area contributed by atoms with Gasteiger partial charge in [-0.1, -0.05) is 32.0 Å². The highest BCUT2D eigenvalue weighted by Gasteiger charge is 2.18. The van der Waals surface area contributed by atoms with Crippen molar-refractivity contribution < 1.29 is 18.7 Å². The average molecular weight is 719 g/mol. The van der Waals surface area contributed by atoms with Gasteiger partial charge in [0.25, 0.3) is 11.5 Å². The molecule has 0 unspecified atom stereocenters. The Kier molecular flexibility index (Phi) is 9.92. The van der Waals surface area contributed by atoms with E-state index in [1.54, 1.807) is 36.5 Å². The SMILES string of the molecule is CCOc1cc(C)c(-c2nc3ccccc3c(=O)n2N=Cc2ccc(OCC(=O)Nc3cccc(F)c3)c(I)c2)cc1C(C)C. The highest BCUT2D eigenvalue weighted by atomic mass is 127. The minimum absolute atomic E-state index is 0.185. The lowest BCUT2D eigenvalue weighted by Gasteiger charge is -2.18. The number of para-hydroxylation sites is 1. The zero-order valence-corrected chi connectivity index (χ0v) is 27.5. The molecular formula is C35H32FIN4O4. The normalized spacial score (nSPS) is 11.4. The molecule has 1 amide bonds. The molecule has 1 heterocycles. The summed E-state index contributed by atoms with van der Waals surface area (Å²) in [5, 5.41) is 7.69. The van der Waals surface area contributed by atoms with Crippen molar-refractivity contribution in [1.82, 2.24) is 9.66 Å². The highest BCUT2D eigenvalue weighted by Crippen LogP contribution is 2.34. The fourth-order valence-electron chi connectivity index (χ4n) is 4.82. The fourth-order valence-corrected chi connectivity index (χ4v) is 5.52. The first-order valence-corrected chi connectivity index (χ1v) is 15.5. The van der Waals surface area contributed by atoms with E-state index in [1.807, 2.05) is 44.2 Å². The Balaban J connectivity index is 1.45. The Morgan fingerprint density at radius 1 is 1.04 bits per heavy atom. The molecule has 10 heteroatoms. The van der Waals surface area contributed by atoms with Gasteiger partial charge in [0.05, 0.1) is 27.3 Å². The second kappa shape index (κ2) is 14.0. The maximum absolute atomic E-state index is 13.8. The van der Waals surface area contributed by atoms with E-state index in [-0.39, 0.29) is 18.1 Å². The van der Waals surface area contributed by atoms with E-state index in [9.17, 15) is 14.0 Å². The van der Waals surface area contributed by atoms with E-state index in [4.69, 9.17) is 14.5 Å². The zero-order valence-electron chi connectivity index (χ0n) is 25.3. The first kappa shape index (κ1) is 31.8. The van der Waals surface area contributed by atoms with Gasteiger partial charge in [-0.3, -0.25) is 9.59 Å². The number of benzene rings is 4. The molecule has 5 aromatic rings. The lowest BCUT2D eigenvalue weighted by molar-refractivity contribution is -0.118. The van der Waals surface area contributed by atoms with Gasteiger partial charge < -0.3 is 14.8 Å². The van der Waals surface area contributed by atoms with Crippen LogP contribution in [-0.2, 0) is 4.79 Å². The Morgan fingerprint density at radius 3 is 2.58 bits per heavy atom. The van der Waals surface area contributed by atoms with Crippen molar-refractivity contribution in [2.75, 3.05) is 18.5 Å². The van der Waals surface area contributed by atoms with Crippen molar-refractivity contribution >= 4 is 51.3 Å². The monoisotopic (exact) mass is 718 g/mol. The van der Waals surface area contributed by atoms with Crippen molar-refractivity contribution in [3.63, 3.8) is 0 Å². The molecule has 230 valence electrons. The number of hydrogen-bond donors (Lipinski definition) is 1. The molecule has 1 aromatic heterocycles. The Morgan fingerprint density at radius 2 is 1.84 bits per heavy atom. The molecule has 0 fully saturated rings. The fraction of sp³-hybridized carbons (Fsp3) is 0.200. The van der Waals surface area contributed by atoms with Gasteiger partial charge >= 0.3 is 0 Å². The van der Waals surface area contributed by atoms with Gasteiger partial charge in [0.2, 0.25) is 0 Å². The van der Waals surface area contributed by atoms with Gasteiger partial charge in [-0.15, -0.1) is 0 Å². The van der Waals surface area contributed by atoms with E-state index in [0.717, 1.165) is 26.0 Å². The Labute approximate surface area is 274 Å². The van der Waals surface area contributed by atoms with E-state index in [1.165, 1.54) is 22.9 Å². The molecule has 5 rings (SSSR count). The lowest BCUT2D eigenvalue weighted by atomic mass is 9.96. The quantitative estimate of drug-likeness (QED) is 0.119. The van der Waals surface area contributed by atoms with Crippen LogP contribution in [0.3, 0.4) is 0 Å². The molecule has 0 radical (unpaired) electrons. The summed E-state index contributed by atoms with van der Waals surface area (Å²) in [6.07, 6.45) is 1.59. The van der Waals surface area contributed by atoms with Crippen LogP contribution in [0.15, 0.2) is 88.8 Å². The predicted molar refractivity (Wildman–Crippen MR) is 184 cm³/mol. The molecule has 0 bridgehead atoms. The molecule has 0 saturated heterocycles. The maximum Gasteiger partial charge on any atom is 0.282 e. The van der Waals surface area contributed by atoms with Crippen molar-refractivity contribution in [1.29, 1.82) is 0 Å². The first-order chi connectivity index (χ1) is 21.6. The third kappa shape index (κ3) is 7.39. The number of nitrogens with zero attached hydrogens (tertiary/aromatic N) is 3. The second-order valence-electron chi connectivity index (χ2n) is 10.6. The van der Waals surface area contributed by atoms with Crippen molar-refractivity contribution in [2.45, 2.75) is 33.6 Å². The van der Waals surface area contributed by atoms with Crippen molar-refractivity contribution in [3.05, 3.63) is 115 Å². The molecule has 0 saturated carbocycles. The summed E-state index contributed by atoms with van der Waals surface area (Å²) in [4.78, 5) is 31.0. The number of hydrogen-bond acceptors (Lipinski definition) is 6. The van der Waals surface area contributed by atoms with Crippen LogP contribution in [0.25, 0.3) is 22.3 Å². The van der Waals surface area contributed by atoms with Gasteiger partial charge in [-0.2, -0.15) is 9.78 Å². The van der Waals surface area contributed by atoms with Crippen molar-refractivity contribution in [2.24, 2.45) is 5.10 Å². The minimum atomic E-state index is -0.440. The number of fused-ring (bicyclic) bond motifs is 1. The van der Waals surface area contributed by atoms with Crippen LogP contribution in [0, 0.1) is 16.3 Å². The molecule has 0 aliphatic rings. The summed E-state index contributed by atoms with van der Waals surface area (Å²) >= 11 is 2.11. The van der Waals surface area contributed by atoms with E-state index in [2.05, 4.69) is 46.9 Å². The maximum atomic E-state index is 13.8. The van der Waals surface area contributed by atoms with E-state index in [0.29, 0.717) is 40.3 Å². The van der Waals surface area contributed by atoms with Crippen LogP contribution < -0.4 is 20.3 Å². The number of carbonyl (C=O) groups is 1. The highest BCUT2D eigenvalue weighted by molar-refractivity contribution is 14.1. The summed E-state index contributed by atoms with van der Waals surface area (Å²) in [7, 11) is 0.